The number of hydrogen-bond donors (Lipinski definition) is 0. The summed E-state index contributed by atoms with van der Waals surface area (Å²) in [6, 6.07) is 82.5. The lowest BCUT2D eigenvalue weighted by Crippen LogP contribution is -2.61. The topological polar surface area (TPSA) is 11.4 Å². The molecule has 4 heteroatoms. The van der Waals surface area contributed by atoms with Crippen LogP contribution in [0.25, 0.3) is 94.3 Å². The molecule has 0 aliphatic carbocycles. The molecule has 0 bridgehead atoms. The van der Waals surface area contributed by atoms with Crippen molar-refractivity contribution >= 4 is 79.0 Å². The summed E-state index contributed by atoms with van der Waals surface area (Å²) < 4.78 is 77.7. The maximum atomic E-state index is 9.91. The van der Waals surface area contributed by atoms with Gasteiger partial charge in [-0.2, -0.15) is 0 Å². The van der Waals surface area contributed by atoms with E-state index in [0.29, 0.717) is 5.69 Å². The highest BCUT2D eigenvalue weighted by Crippen LogP contribution is 2.55. The fourth-order valence-electron chi connectivity index (χ4n) is 16.0. The van der Waals surface area contributed by atoms with E-state index in [1.54, 1.807) is 4.57 Å². The number of rotatable bonds is 9. The molecular formula is C102H100BN3. The van der Waals surface area contributed by atoms with E-state index in [4.69, 9.17) is 2.74 Å². The number of fused-ring (bicyclic) bond motifs is 7. The molecular weight excluding hydrogens is 1280 g/mol. The van der Waals surface area contributed by atoms with Gasteiger partial charge in [-0.25, -0.2) is 0 Å². The largest absolute Gasteiger partial charge is 0.310 e. The Balaban J connectivity index is 1.12. The van der Waals surface area contributed by atoms with Crippen LogP contribution in [0, 0.1) is 0 Å². The Hall–Kier alpha value is -10.7. The van der Waals surface area contributed by atoms with Crippen molar-refractivity contribution in [2.45, 2.75) is 157 Å². The summed E-state index contributed by atoms with van der Waals surface area (Å²) in [6.07, 6.45) is 0. The predicted molar refractivity (Wildman–Crippen MR) is 460 cm³/mol. The molecule has 16 rings (SSSR count). The monoisotopic (exact) mass is 1390 g/mol. The lowest BCUT2D eigenvalue weighted by Gasteiger charge is -2.46. The molecule has 0 fully saturated rings. The maximum absolute atomic E-state index is 9.91. The molecule has 0 N–H and O–H groups in total. The summed E-state index contributed by atoms with van der Waals surface area (Å²) in [5.41, 5.74) is 27.8. The number of hydrogen-bond acceptors (Lipinski definition) is 2. The van der Waals surface area contributed by atoms with Crippen LogP contribution in [0.5, 0.6) is 0 Å². The van der Waals surface area contributed by atoms with E-state index in [1.165, 1.54) is 33.4 Å². The van der Waals surface area contributed by atoms with E-state index in [9.17, 15) is 8.22 Å². The fourth-order valence-corrected chi connectivity index (χ4v) is 16.0. The molecule has 0 unspecified atom stereocenters. The molecule has 106 heavy (non-hydrogen) atoms. The van der Waals surface area contributed by atoms with Gasteiger partial charge in [0.05, 0.1) is 33.4 Å². The second-order valence-electron chi connectivity index (χ2n) is 35.7. The number of aromatic nitrogens is 1. The number of para-hydroxylation sites is 4. The zero-order chi connectivity index (χ0) is 81.3. The average molecular weight is 1390 g/mol. The van der Waals surface area contributed by atoms with Crippen molar-refractivity contribution in [1.29, 1.82) is 0 Å². The van der Waals surface area contributed by atoms with E-state index in [0.717, 1.165) is 117 Å². The first-order chi connectivity index (χ1) is 53.7. The van der Waals surface area contributed by atoms with Crippen LogP contribution in [0.3, 0.4) is 0 Å². The zero-order valence-corrected chi connectivity index (χ0v) is 64.9. The van der Waals surface area contributed by atoms with E-state index in [1.807, 2.05) is 6.07 Å². The van der Waals surface area contributed by atoms with Crippen molar-refractivity contribution < 1.29 is 11.0 Å². The molecule has 14 aromatic rings. The predicted octanol–water partition coefficient (Wildman–Crippen LogP) is 26.7. The minimum atomic E-state index is -0.500. The van der Waals surface area contributed by atoms with Crippen LogP contribution >= 0.6 is 0 Å². The summed E-state index contributed by atoms with van der Waals surface area (Å²) in [4.78, 5) is 5.07. The van der Waals surface area contributed by atoms with Crippen LogP contribution in [0.4, 0.5) is 34.1 Å². The van der Waals surface area contributed by atoms with E-state index < -0.39 is 30.9 Å². The van der Waals surface area contributed by atoms with Gasteiger partial charge in [0, 0.05) is 61.5 Å². The average Bonchev–Trinajstić information content (AvgIpc) is 1.37. The van der Waals surface area contributed by atoms with Gasteiger partial charge in [0.1, 0.15) is 0 Å². The number of anilines is 6. The molecule has 0 radical (unpaired) electrons. The van der Waals surface area contributed by atoms with Crippen molar-refractivity contribution in [3.05, 3.63) is 312 Å². The Morgan fingerprint density at radius 1 is 0.264 bits per heavy atom. The van der Waals surface area contributed by atoms with Gasteiger partial charge in [0.15, 0.2) is 0 Å². The summed E-state index contributed by atoms with van der Waals surface area (Å²) >= 11 is 0. The molecule has 13 aromatic carbocycles. The highest BCUT2D eigenvalue weighted by molar-refractivity contribution is 7.00. The summed E-state index contributed by atoms with van der Waals surface area (Å²) in [6.45, 7) is 40.4. The van der Waals surface area contributed by atoms with Gasteiger partial charge in [-0.05, 0) is 169 Å². The van der Waals surface area contributed by atoms with Crippen LogP contribution in [-0.2, 0) is 32.5 Å². The van der Waals surface area contributed by atoms with E-state index in [-0.39, 0.29) is 78.5 Å². The Bertz CT molecular complexity index is 5970. The van der Waals surface area contributed by atoms with E-state index in [2.05, 4.69) is 359 Å². The molecule has 2 aliphatic rings. The number of benzene rings is 13. The Kier molecular flexibility index (Phi) is 14.6. The SMILES string of the molecule is [2H]c1c([2H])c([2H])c2c(c1[2H])c1c([2H])c([2H])c([2H])c([2H])c1n2-c1ccc2c(c1)N(c1c(-c3ccc(C(C)(C)C)cc3)cccc1-c1ccc(C(C)(C)C)cc1)c1cc(-c3ccccc3)cc3c1B2c1ccc(-c2cc(C(C)(C)C)cc(C(C)(C)C)c2)cc1N3c1c(-c2ccc(C(C)(C)C)cc2)cccc1-c1ccc(C(C)(C)C)cc1. The molecule has 0 saturated carbocycles. The third kappa shape index (κ3) is 12.4. The van der Waals surface area contributed by atoms with Gasteiger partial charge >= 0.3 is 0 Å². The van der Waals surface area contributed by atoms with Gasteiger partial charge in [-0.15, -0.1) is 0 Å². The number of nitrogens with zero attached hydrogens (tertiary/aromatic N) is 3. The lowest BCUT2D eigenvalue weighted by atomic mass is 9.33. The smallest absolute Gasteiger partial charge is 0.252 e. The molecule has 1 aromatic heterocycles. The maximum Gasteiger partial charge on any atom is 0.252 e. The summed E-state index contributed by atoms with van der Waals surface area (Å²) in [5, 5.41) is 0.0274. The third-order valence-electron chi connectivity index (χ3n) is 22.2. The summed E-state index contributed by atoms with van der Waals surface area (Å²) in [5.74, 6) is 0. The van der Waals surface area contributed by atoms with Crippen molar-refractivity contribution in [3.8, 4) is 72.4 Å². The highest BCUT2D eigenvalue weighted by atomic mass is 15.2. The van der Waals surface area contributed by atoms with Crippen LogP contribution in [0.15, 0.2) is 279 Å². The van der Waals surface area contributed by atoms with Gasteiger partial charge in [0.25, 0.3) is 6.71 Å². The van der Waals surface area contributed by atoms with Gasteiger partial charge in [-0.1, -0.05) is 361 Å². The molecule has 3 heterocycles. The molecule has 0 saturated heterocycles. The van der Waals surface area contributed by atoms with Gasteiger partial charge < -0.3 is 14.4 Å². The second-order valence-corrected chi connectivity index (χ2v) is 35.7. The standard InChI is InChI=1S/C102H100BN3/c1-97(2,3)73-47-38-66(39-48-73)80-32-26-33-81(67-40-49-74(50-41-67)98(4,5)6)95(80)105-90-60-70(71-58-77(101(13,14)15)63-78(59-71)102(16,17)18)46-56-86(90)103-87-57-55-79(104-88-36-24-22-30-84(88)85-31-23-25-37-89(85)104)64-91(87)106(93-62-72(61-92(105)94(93)103)65-28-20-19-21-29-65)96-82(68-42-51-75(52-43-68)99(7,8)9)34-27-35-83(96)69-44-53-76(54-45-69)100(10,11)12/h19-64H,1-18H3/i22D,23D,24D,25D,30D,31D,36D,37D. The van der Waals surface area contributed by atoms with Crippen LogP contribution in [0.2, 0.25) is 0 Å². The van der Waals surface area contributed by atoms with Gasteiger partial charge in [0.2, 0.25) is 0 Å². The molecule has 0 atom stereocenters. The zero-order valence-electron chi connectivity index (χ0n) is 72.9. The van der Waals surface area contributed by atoms with Crippen molar-refractivity contribution in [2.24, 2.45) is 0 Å². The Morgan fingerprint density at radius 2 is 0.594 bits per heavy atom. The minimum absolute atomic E-state index is 0.0137. The third-order valence-corrected chi connectivity index (χ3v) is 22.2. The van der Waals surface area contributed by atoms with Gasteiger partial charge in [-0.3, -0.25) is 0 Å². The first-order valence-corrected chi connectivity index (χ1v) is 37.7. The van der Waals surface area contributed by atoms with Crippen molar-refractivity contribution in [2.75, 3.05) is 9.80 Å². The van der Waals surface area contributed by atoms with Crippen LogP contribution in [-0.4, -0.2) is 11.3 Å². The van der Waals surface area contributed by atoms with Crippen molar-refractivity contribution in [3.63, 3.8) is 0 Å². The first kappa shape index (κ1) is 60.6. The molecule has 0 spiro atoms. The highest BCUT2D eigenvalue weighted by Gasteiger charge is 2.46. The van der Waals surface area contributed by atoms with Crippen LogP contribution < -0.4 is 26.2 Å². The quantitative estimate of drug-likeness (QED) is 0.133. The Morgan fingerprint density at radius 3 is 0.972 bits per heavy atom. The van der Waals surface area contributed by atoms with Crippen molar-refractivity contribution in [1.82, 2.24) is 4.57 Å². The van der Waals surface area contributed by atoms with E-state index >= 15 is 0 Å². The minimum Gasteiger partial charge on any atom is -0.310 e. The molecule has 3 nitrogen and oxygen atoms in total. The van der Waals surface area contributed by atoms with Crippen LogP contribution in [0.1, 0.15) is 169 Å². The first-order valence-electron chi connectivity index (χ1n) is 41.7. The fraction of sp³-hybridized carbons (Fsp3) is 0.235. The second kappa shape index (κ2) is 25.5. The lowest BCUT2D eigenvalue weighted by molar-refractivity contribution is 0.569. The molecule has 2 aliphatic heterocycles. The normalized spacial score (nSPS) is 14.4. The molecule has 0 amide bonds. The Labute approximate surface area is 642 Å². The summed E-state index contributed by atoms with van der Waals surface area (Å²) in [7, 11) is 0. The molecule has 526 valence electrons.